The van der Waals surface area contributed by atoms with Crippen molar-refractivity contribution in [2.75, 3.05) is 0 Å². The van der Waals surface area contributed by atoms with E-state index in [1.54, 1.807) is 0 Å². The van der Waals surface area contributed by atoms with E-state index in [4.69, 9.17) is 4.74 Å². The average molecular weight is 170 g/mol. The number of ether oxygens (including phenoxy) is 1. The van der Waals surface area contributed by atoms with Crippen LogP contribution in [0.1, 0.15) is 40.0 Å². The number of esters is 1. The highest BCUT2D eigenvalue weighted by Gasteiger charge is 2.02. The molecule has 0 fully saturated rings. The van der Waals surface area contributed by atoms with Crippen molar-refractivity contribution in [3.05, 3.63) is 12.2 Å². The molecule has 12 heavy (non-hydrogen) atoms. The van der Waals surface area contributed by atoms with Crippen LogP contribution in [0.3, 0.4) is 0 Å². The number of allylic oxidation sites excluding steroid dienone is 1. The van der Waals surface area contributed by atoms with E-state index < -0.39 is 0 Å². The van der Waals surface area contributed by atoms with Gasteiger partial charge in [-0.05, 0) is 19.8 Å². The number of carbonyl (C=O) groups is 1. The Hall–Kier alpha value is -0.790. The summed E-state index contributed by atoms with van der Waals surface area (Å²) in [6.07, 6.45) is 6.26. The SMILES string of the molecule is CCCC=CC(=O)OC(C)CC. The van der Waals surface area contributed by atoms with E-state index in [-0.39, 0.29) is 12.1 Å². The molecule has 0 saturated heterocycles. The Balaban J connectivity index is 3.58. The molecule has 0 heterocycles. The van der Waals surface area contributed by atoms with E-state index >= 15 is 0 Å². The molecule has 0 aromatic rings. The van der Waals surface area contributed by atoms with Crippen LogP contribution in [0.15, 0.2) is 12.2 Å². The number of hydrogen-bond acceptors (Lipinski definition) is 2. The highest BCUT2D eigenvalue weighted by atomic mass is 16.5. The summed E-state index contributed by atoms with van der Waals surface area (Å²) >= 11 is 0. The average Bonchev–Trinajstić information content (AvgIpc) is 2.05. The Labute approximate surface area is 74.6 Å². The Morgan fingerprint density at radius 3 is 2.67 bits per heavy atom. The summed E-state index contributed by atoms with van der Waals surface area (Å²) < 4.78 is 5.02. The van der Waals surface area contributed by atoms with Gasteiger partial charge >= 0.3 is 5.97 Å². The molecule has 0 aliphatic heterocycles. The normalized spacial score (nSPS) is 13.2. The third kappa shape index (κ3) is 5.96. The minimum atomic E-state index is -0.224. The van der Waals surface area contributed by atoms with E-state index in [2.05, 4.69) is 6.92 Å². The topological polar surface area (TPSA) is 26.3 Å². The van der Waals surface area contributed by atoms with Crippen LogP contribution < -0.4 is 0 Å². The second-order valence-corrected chi connectivity index (χ2v) is 2.85. The van der Waals surface area contributed by atoms with E-state index in [9.17, 15) is 4.79 Å². The van der Waals surface area contributed by atoms with E-state index in [1.807, 2.05) is 19.9 Å². The minimum absolute atomic E-state index is 0.0313. The van der Waals surface area contributed by atoms with Gasteiger partial charge in [0.25, 0.3) is 0 Å². The summed E-state index contributed by atoms with van der Waals surface area (Å²) in [6.45, 7) is 5.96. The lowest BCUT2D eigenvalue weighted by Gasteiger charge is -2.07. The molecule has 0 aromatic carbocycles. The smallest absolute Gasteiger partial charge is 0.330 e. The van der Waals surface area contributed by atoms with Gasteiger partial charge in [0.05, 0.1) is 6.10 Å². The predicted molar refractivity (Wildman–Crippen MR) is 49.9 cm³/mol. The van der Waals surface area contributed by atoms with Gasteiger partial charge in [-0.2, -0.15) is 0 Å². The summed E-state index contributed by atoms with van der Waals surface area (Å²) in [5.41, 5.74) is 0. The number of carbonyl (C=O) groups excluding carboxylic acids is 1. The standard InChI is InChI=1S/C10H18O2/c1-4-6-7-8-10(11)12-9(3)5-2/h7-9H,4-6H2,1-3H3. The highest BCUT2D eigenvalue weighted by Crippen LogP contribution is 1.97. The first kappa shape index (κ1) is 11.2. The zero-order chi connectivity index (χ0) is 9.40. The van der Waals surface area contributed by atoms with Crippen molar-refractivity contribution in [1.82, 2.24) is 0 Å². The summed E-state index contributed by atoms with van der Waals surface area (Å²) in [6, 6.07) is 0. The third-order valence-corrected chi connectivity index (χ3v) is 1.60. The van der Waals surface area contributed by atoms with Gasteiger partial charge in [-0.15, -0.1) is 0 Å². The maximum absolute atomic E-state index is 11.0. The predicted octanol–water partition coefficient (Wildman–Crippen LogP) is 2.68. The fourth-order valence-electron chi connectivity index (χ4n) is 0.667. The molecule has 0 aliphatic rings. The monoisotopic (exact) mass is 170 g/mol. The summed E-state index contributed by atoms with van der Waals surface area (Å²) in [4.78, 5) is 11.0. The van der Waals surface area contributed by atoms with Crippen molar-refractivity contribution in [1.29, 1.82) is 0 Å². The zero-order valence-corrected chi connectivity index (χ0v) is 8.17. The van der Waals surface area contributed by atoms with Crippen molar-refractivity contribution in [2.45, 2.75) is 46.1 Å². The molecular weight excluding hydrogens is 152 g/mol. The Kier molecular flexibility index (Phi) is 6.44. The Bertz CT molecular complexity index is 150. The maximum atomic E-state index is 11.0. The third-order valence-electron chi connectivity index (χ3n) is 1.60. The van der Waals surface area contributed by atoms with Crippen LogP contribution in [0, 0.1) is 0 Å². The molecule has 2 heteroatoms. The quantitative estimate of drug-likeness (QED) is 0.468. The van der Waals surface area contributed by atoms with Gasteiger partial charge in [0.2, 0.25) is 0 Å². The fourth-order valence-corrected chi connectivity index (χ4v) is 0.667. The number of hydrogen-bond donors (Lipinski definition) is 0. The number of rotatable bonds is 5. The summed E-state index contributed by atoms with van der Waals surface area (Å²) in [5, 5.41) is 0. The van der Waals surface area contributed by atoms with Crippen molar-refractivity contribution in [3.63, 3.8) is 0 Å². The van der Waals surface area contributed by atoms with Gasteiger partial charge in [0, 0.05) is 6.08 Å². The van der Waals surface area contributed by atoms with Crippen molar-refractivity contribution in [2.24, 2.45) is 0 Å². The molecule has 0 spiro atoms. The molecule has 2 nitrogen and oxygen atoms in total. The molecule has 0 saturated carbocycles. The lowest BCUT2D eigenvalue weighted by molar-refractivity contribution is -0.142. The Morgan fingerprint density at radius 1 is 1.50 bits per heavy atom. The first-order valence-electron chi connectivity index (χ1n) is 4.57. The molecule has 0 radical (unpaired) electrons. The van der Waals surface area contributed by atoms with Crippen LogP contribution >= 0.6 is 0 Å². The molecule has 1 atom stereocenters. The highest BCUT2D eigenvalue weighted by molar-refractivity contribution is 5.81. The first-order valence-corrected chi connectivity index (χ1v) is 4.57. The molecule has 1 unspecified atom stereocenters. The fraction of sp³-hybridized carbons (Fsp3) is 0.700. The minimum Gasteiger partial charge on any atom is -0.460 e. The van der Waals surface area contributed by atoms with Crippen LogP contribution in [0.2, 0.25) is 0 Å². The molecule has 0 N–H and O–H groups in total. The first-order chi connectivity index (χ1) is 5.70. The summed E-state index contributed by atoms with van der Waals surface area (Å²) in [7, 11) is 0. The maximum Gasteiger partial charge on any atom is 0.330 e. The van der Waals surface area contributed by atoms with E-state index in [1.165, 1.54) is 6.08 Å². The zero-order valence-electron chi connectivity index (χ0n) is 8.17. The van der Waals surface area contributed by atoms with E-state index in [0.29, 0.717) is 0 Å². The van der Waals surface area contributed by atoms with Crippen molar-refractivity contribution >= 4 is 5.97 Å². The molecule has 0 aliphatic carbocycles. The van der Waals surface area contributed by atoms with Gasteiger partial charge in [-0.1, -0.05) is 26.3 Å². The van der Waals surface area contributed by atoms with E-state index in [0.717, 1.165) is 19.3 Å². The van der Waals surface area contributed by atoms with Gasteiger partial charge in [0.1, 0.15) is 0 Å². The second kappa shape index (κ2) is 6.89. The number of unbranched alkanes of at least 4 members (excludes halogenated alkanes) is 1. The van der Waals surface area contributed by atoms with Gasteiger partial charge in [0.15, 0.2) is 0 Å². The summed E-state index contributed by atoms with van der Waals surface area (Å²) in [5.74, 6) is -0.224. The molecule has 0 bridgehead atoms. The van der Waals surface area contributed by atoms with Crippen LogP contribution in [0.5, 0.6) is 0 Å². The largest absolute Gasteiger partial charge is 0.460 e. The van der Waals surface area contributed by atoms with Gasteiger partial charge in [-0.3, -0.25) is 0 Å². The molecular formula is C10H18O2. The lowest BCUT2D eigenvalue weighted by atomic mass is 10.3. The van der Waals surface area contributed by atoms with Crippen LogP contribution in [-0.4, -0.2) is 12.1 Å². The van der Waals surface area contributed by atoms with Crippen LogP contribution in [0.25, 0.3) is 0 Å². The Morgan fingerprint density at radius 2 is 2.17 bits per heavy atom. The molecule has 0 rings (SSSR count). The van der Waals surface area contributed by atoms with Gasteiger partial charge < -0.3 is 4.74 Å². The van der Waals surface area contributed by atoms with Crippen LogP contribution in [0.4, 0.5) is 0 Å². The van der Waals surface area contributed by atoms with Crippen molar-refractivity contribution in [3.8, 4) is 0 Å². The van der Waals surface area contributed by atoms with Crippen LogP contribution in [-0.2, 0) is 9.53 Å². The molecule has 0 amide bonds. The van der Waals surface area contributed by atoms with Gasteiger partial charge in [-0.25, -0.2) is 4.79 Å². The van der Waals surface area contributed by atoms with Crippen molar-refractivity contribution < 1.29 is 9.53 Å². The second-order valence-electron chi connectivity index (χ2n) is 2.85. The molecule has 0 aromatic heterocycles. The molecule has 70 valence electrons. The lowest BCUT2D eigenvalue weighted by Crippen LogP contribution is -2.11.